The summed E-state index contributed by atoms with van der Waals surface area (Å²) in [6.45, 7) is 0.411. The Labute approximate surface area is 159 Å². The Morgan fingerprint density at radius 1 is 1.12 bits per heavy atom. The van der Waals surface area contributed by atoms with Gasteiger partial charge in [-0.05, 0) is 35.9 Å². The summed E-state index contributed by atoms with van der Waals surface area (Å²) in [5.41, 5.74) is 2.05. The van der Waals surface area contributed by atoms with Crippen molar-refractivity contribution in [2.24, 2.45) is 0 Å². The first-order valence-electron chi connectivity index (χ1n) is 8.06. The average molecular weight is 396 g/mol. The van der Waals surface area contributed by atoms with Crippen molar-refractivity contribution >= 4 is 33.2 Å². The maximum absolute atomic E-state index is 12.1. The van der Waals surface area contributed by atoms with Gasteiger partial charge in [0.1, 0.15) is 0 Å². The van der Waals surface area contributed by atoms with Gasteiger partial charge in [0, 0.05) is 44.3 Å². The molecule has 0 atom stereocenters. The Bertz CT molecular complexity index is 852. The molecule has 8 heteroatoms. The summed E-state index contributed by atoms with van der Waals surface area (Å²) in [5.74, 6) is -0.226. The van der Waals surface area contributed by atoms with E-state index < -0.39 is 10.0 Å². The Balaban J connectivity index is 1.78. The van der Waals surface area contributed by atoms with Gasteiger partial charge in [-0.25, -0.2) is 13.1 Å². The number of hydrogen-bond donors (Lipinski definition) is 2. The zero-order chi connectivity index (χ0) is 19.2. The summed E-state index contributed by atoms with van der Waals surface area (Å²) in [6, 6.07) is 13.8. The van der Waals surface area contributed by atoms with E-state index in [0.29, 0.717) is 11.6 Å². The minimum Gasteiger partial charge on any atom is -0.378 e. The lowest BCUT2D eigenvalue weighted by molar-refractivity contribution is -0.121. The monoisotopic (exact) mass is 395 g/mol. The van der Waals surface area contributed by atoms with E-state index in [0.717, 1.165) is 11.3 Å². The predicted octanol–water partition coefficient (Wildman–Crippen LogP) is 2.39. The fourth-order valence-corrected chi connectivity index (χ4v) is 3.55. The molecule has 0 saturated carbocycles. The molecule has 2 aromatic rings. The summed E-state index contributed by atoms with van der Waals surface area (Å²) >= 11 is 5.80. The van der Waals surface area contributed by atoms with Crippen LogP contribution in [-0.2, 0) is 21.4 Å². The van der Waals surface area contributed by atoms with Gasteiger partial charge in [0.2, 0.25) is 15.9 Å². The summed E-state index contributed by atoms with van der Waals surface area (Å²) in [4.78, 5) is 14.0. The van der Waals surface area contributed by atoms with Crippen molar-refractivity contribution in [3.63, 3.8) is 0 Å². The molecule has 140 valence electrons. The standard InChI is InChI=1S/C18H22ClN3O3S/c1-22(2)16-8-6-14(7-9-16)13-20-18(23)10-11-21-26(24,25)17-5-3-4-15(19)12-17/h3-9,12,21H,10-11,13H2,1-2H3,(H,20,23). The van der Waals surface area contributed by atoms with Crippen LogP contribution in [0.5, 0.6) is 0 Å². The number of anilines is 1. The van der Waals surface area contributed by atoms with E-state index in [1.807, 2.05) is 43.3 Å². The summed E-state index contributed by atoms with van der Waals surface area (Å²) in [5, 5.41) is 3.11. The van der Waals surface area contributed by atoms with Gasteiger partial charge in [-0.1, -0.05) is 29.8 Å². The fourth-order valence-electron chi connectivity index (χ4n) is 2.22. The molecule has 0 aliphatic heterocycles. The first-order chi connectivity index (χ1) is 12.3. The number of rotatable bonds is 8. The van der Waals surface area contributed by atoms with Crippen molar-refractivity contribution < 1.29 is 13.2 Å². The van der Waals surface area contributed by atoms with Crippen LogP contribution in [0.15, 0.2) is 53.4 Å². The SMILES string of the molecule is CN(C)c1ccc(CNC(=O)CCNS(=O)(=O)c2cccc(Cl)c2)cc1. The molecule has 0 fully saturated rings. The first-order valence-corrected chi connectivity index (χ1v) is 9.92. The van der Waals surface area contributed by atoms with E-state index in [1.165, 1.54) is 12.1 Å². The predicted molar refractivity (Wildman–Crippen MR) is 104 cm³/mol. The minimum absolute atomic E-state index is 0.0141. The highest BCUT2D eigenvalue weighted by Crippen LogP contribution is 2.15. The molecule has 0 aliphatic carbocycles. The topological polar surface area (TPSA) is 78.5 Å². The molecular weight excluding hydrogens is 374 g/mol. The van der Waals surface area contributed by atoms with E-state index in [2.05, 4.69) is 10.0 Å². The second-order valence-electron chi connectivity index (χ2n) is 5.94. The molecule has 0 spiro atoms. The maximum Gasteiger partial charge on any atom is 0.240 e. The van der Waals surface area contributed by atoms with E-state index >= 15 is 0 Å². The molecule has 2 aromatic carbocycles. The normalized spacial score (nSPS) is 11.2. The summed E-state index contributed by atoms with van der Waals surface area (Å²) < 4.78 is 26.7. The highest BCUT2D eigenvalue weighted by molar-refractivity contribution is 7.89. The number of hydrogen-bond acceptors (Lipinski definition) is 4. The first kappa shape index (κ1) is 20.2. The number of nitrogens with one attached hydrogen (secondary N) is 2. The fraction of sp³-hybridized carbons (Fsp3) is 0.278. The number of nitrogens with zero attached hydrogens (tertiary/aromatic N) is 1. The van der Waals surface area contributed by atoms with Gasteiger partial charge in [0.05, 0.1) is 4.90 Å². The Morgan fingerprint density at radius 3 is 2.42 bits per heavy atom. The largest absolute Gasteiger partial charge is 0.378 e. The van der Waals surface area contributed by atoms with E-state index in [9.17, 15) is 13.2 Å². The molecule has 26 heavy (non-hydrogen) atoms. The van der Waals surface area contributed by atoms with Crippen molar-refractivity contribution in [3.8, 4) is 0 Å². The summed E-state index contributed by atoms with van der Waals surface area (Å²) in [7, 11) is 0.242. The van der Waals surface area contributed by atoms with Crippen molar-refractivity contribution in [2.75, 3.05) is 25.5 Å². The molecule has 0 saturated heterocycles. The molecule has 0 radical (unpaired) electrons. The molecule has 0 aromatic heterocycles. The Morgan fingerprint density at radius 2 is 1.81 bits per heavy atom. The molecule has 2 rings (SSSR count). The second kappa shape index (κ2) is 9.02. The van der Waals surface area contributed by atoms with Gasteiger partial charge >= 0.3 is 0 Å². The third kappa shape index (κ3) is 6.01. The lowest BCUT2D eigenvalue weighted by atomic mass is 10.2. The smallest absolute Gasteiger partial charge is 0.240 e. The molecule has 2 N–H and O–H groups in total. The quantitative estimate of drug-likeness (QED) is 0.719. The number of sulfonamides is 1. The van der Waals surface area contributed by atoms with Gasteiger partial charge in [0.25, 0.3) is 0 Å². The number of benzene rings is 2. The van der Waals surface area contributed by atoms with Gasteiger partial charge in [-0.3, -0.25) is 4.79 Å². The van der Waals surface area contributed by atoms with E-state index in [4.69, 9.17) is 11.6 Å². The van der Waals surface area contributed by atoms with Crippen molar-refractivity contribution in [2.45, 2.75) is 17.9 Å². The number of carbonyl (C=O) groups excluding carboxylic acids is 1. The zero-order valence-corrected chi connectivity index (χ0v) is 16.3. The highest BCUT2D eigenvalue weighted by atomic mass is 35.5. The molecular formula is C18H22ClN3O3S. The van der Waals surface area contributed by atoms with Crippen LogP contribution in [0.2, 0.25) is 5.02 Å². The van der Waals surface area contributed by atoms with Crippen molar-refractivity contribution in [1.29, 1.82) is 0 Å². The second-order valence-corrected chi connectivity index (χ2v) is 8.15. The van der Waals surface area contributed by atoms with Crippen LogP contribution >= 0.6 is 11.6 Å². The number of amides is 1. The average Bonchev–Trinajstić information content (AvgIpc) is 2.60. The van der Waals surface area contributed by atoms with Crippen LogP contribution < -0.4 is 14.9 Å². The lowest BCUT2D eigenvalue weighted by Gasteiger charge is -2.13. The summed E-state index contributed by atoms with van der Waals surface area (Å²) in [6.07, 6.45) is 0.0512. The maximum atomic E-state index is 12.1. The van der Waals surface area contributed by atoms with Crippen LogP contribution in [-0.4, -0.2) is 35.0 Å². The molecule has 1 amide bonds. The van der Waals surface area contributed by atoms with Crippen LogP contribution in [0.4, 0.5) is 5.69 Å². The Kier molecular flexibility index (Phi) is 7.02. The van der Waals surface area contributed by atoms with Crippen LogP contribution in [0.1, 0.15) is 12.0 Å². The van der Waals surface area contributed by atoms with Gasteiger partial charge < -0.3 is 10.2 Å². The lowest BCUT2D eigenvalue weighted by Crippen LogP contribution is -2.30. The molecule has 0 unspecified atom stereocenters. The highest BCUT2D eigenvalue weighted by Gasteiger charge is 2.14. The van der Waals surface area contributed by atoms with Crippen molar-refractivity contribution in [1.82, 2.24) is 10.0 Å². The molecule has 0 heterocycles. The molecule has 6 nitrogen and oxygen atoms in total. The van der Waals surface area contributed by atoms with Crippen molar-refractivity contribution in [3.05, 3.63) is 59.1 Å². The minimum atomic E-state index is -3.68. The van der Waals surface area contributed by atoms with Crippen LogP contribution in [0, 0.1) is 0 Å². The molecule has 0 bridgehead atoms. The van der Waals surface area contributed by atoms with Gasteiger partial charge in [-0.2, -0.15) is 0 Å². The number of carbonyl (C=O) groups is 1. The third-order valence-corrected chi connectivity index (χ3v) is 5.39. The van der Waals surface area contributed by atoms with Gasteiger partial charge in [0.15, 0.2) is 0 Å². The Hall–Kier alpha value is -2.09. The third-order valence-electron chi connectivity index (χ3n) is 3.69. The van der Waals surface area contributed by atoms with Crippen LogP contribution in [0.3, 0.4) is 0 Å². The van der Waals surface area contributed by atoms with Gasteiger partial charge in [-0.15, -0.1) is 0 Å². The number of halogens is 1. The molecule has 0 aliphatic rings. The van der Waals surface area contributed by atoms with E-state index in [1.54, 1.807) is 12.1 Å². The van der Waals surface area contributed by atoms with E-state index in [-0.39, 0.29) is 23.8 Å². The zero-order valence-electron chi connectivity index (χ0n) is 14.7. The van der Waals surface area contributed by atoms with Crippen LogP contribution in [0.25, 0.3) is 0 Å².